The summed E-state index contributed by atoms with van der Waals surface area (Å²) < 4.78 is 4.98. The summed E-state index contributed by atoms with van der Waals surface area (Å²) >= 11 is 1.49. The first-order valence-corrected chi connectivity index (χ1v) is 8.74. The maximum atomic E-state index is 11.8. The van der Waals surface area contributed by atoms with Gasteiger partial charge in [0.1, 0.15) is 24.0 Å². The number of benzene rings is 1. The average Bonchev–Trinajstić information content (AvgIpc) is 2.61. The molecule has 0 radical (unpaired) electrons. The third-order valence-electron chi connectivity index (χ3n) is 3.42. The molecule has 1 aromatic heterocycles. The molecular weight excluding hydrogens is 322 g/mol. The Morgan fingerprint density at radius 2 is 2.08 bits per heavy atom. The van der Waals surface area contributed by atoms with Crippen LogP contribution in [0, 0.1) is 11.3 Å². The standard InChI is InChI=1S/C18H19N3O2S/c1-4-23-17(22)12-21(2)18-15(11-19)14(10-16(20-18)24-3)13-8-6-5-7-9-13/h5-10H,4,12H2,1-3H3. The van der Waals surface area contributed by atoms with Crippen LogP contribution in [0.4, 0.5) is 5.82 Å². The van der Waals surface area contributed by atoms with Crippen LogP contribution in [0.3, 0.4) is 0 Å². The van der Waals surface area contributed by atoms with Gasteiger partial charge in [-0.15, -0.1) is 11.8 Å². The average molecular weight is 341 g/mol. The fourth-order valence-electron chi connectivity index (χ4n) is 2.32. The van der Waals surface area contributed by atoms with Gasteiger partial charge in [-0.1, -0.05) is 30.3 Å². The van der Waals surface area contributed by atoms with Crippen molar-refractivity contribution in [2.75, 3.05) is 31.4 Å². The topological polar surface area (TPSA) is 66.2 Å². The highest BCUT2D eigenvalue weighted by Crippen LogP contribution is 2.32. The predicted molar refractivity (Wildman–Crippen MR) is 96.1 cm³/mol. The number of carbonyl (C=O) groups excluding carboxylic acids is 1. The van der Waals surface area contributed by atoms with E-state index in [0.29, 0.717) is 18.0 Å². The van der Waals surface area contributed by atoms with Crippen LogP contribution in [0.1, 0.15) is 12.5 Å². The molecule has 0 amide bonds. The summed E-state index contributed by atoms with van der Waals surface area (Å²) in [5.74, 6) is 0.137. The minimum absolute atomic E-state index is 0.0432. The molecule has 0 saturated carbocycles. The van der Waals surface area contributed by atoms with E-state index in [1.54, 1.807) is 18.9 Å². The highest BCUT2D eigenvalue weighted by molar-refractivity contribution is 7.98. The monoisotopic (exact) mass is 341 g/mol. The first-order chi connectivity index (χ1) is 11.6. The molecule has 2 aromatic rings. The minimum atomic E-state index is -0.346. The second-order valence-electron chi connectivity index (χ2n) is 5.05. The first kappa shape index (κ1) is 17.8. The van der Waals surface area contributed by atoms with Crippen molar-refractivity contribution >= 4 is 23.5 Å². The Kier molecular flexibility index (Phi) is 6.21. The van der Waals surface area contributed by atoms with E-state index < -0.39 is 0 Å². The van der Waals surface area contributed by atoms with E-state index in [0.717, 1.165) is 16.2 Å². The summed E-state index contributed by atoms with van der Waals surface area (Å²) in [4.78, 5) is 17.9. The smallest absolute Gasteiger partial charge is 0.325 e. The van der Waals surface area contributed by atoms with Crippen molar-refractivity contribution in [1.82, 2.24) is 4.98 Å². The predicted octanol–water partition coefficient (Wildman–Crippen LogP) is 3.34. The van der Waals surface area contributed by atoms with Crippen LogP contribution >= 0.6 is 11.8 Å². The first-order valence-electron chi connectivity index (χ1n) is 7.52. The van der Waals surface area contributed by atoms with Crippen molar-refractivity contribution in [3.8, 4) is 17.2 Å². The molecule has 1 aromatic carbocycles. The summed E-state index contributed by atoms with van der Waals surface area (Å²) in [5, 5.41) is 10.5. The number of hydrogen-bond donors (Lipinski definition) is 0. The maximum absolute atomic E-state index is 11.8. The molecular formula is C18H19N3O2S. The molecule has 5 nitrogen and oxygen atoms in total. The molecule has 6 heteroatoms. The Morgan fingerprint density at radius 3 is 2.67 bits per heavy atom. The van der Waals surface area contributed by atoms with Crippen LogP contribution in [0.15, 0.2) is 41.4 Å². The zero-order valence-electron chi connectivity index (χ0n) is 13.9. The number of hydrogen-bond acceptors (Lipinski definition) is 6. The fraction of sp³-hybridized carbons (Fsp3) is 0.278. The Balaban J connectivity index is 2.51. The molecule has 0 aliphatic heterocycles. The quantitative estimate of drug-likeness (QED) is 0.593. The number of carbonyl (C=O) groups is 1. The van der Waals surface area contributed by atoms with Crippen LogP contribution in [0.5, 0.6) is 0 Å². The third-order valence-corrected chi connectivity index (χ3v) is 4.04. The van der Waals surface area contributed by atoms with Crippen LogP contribution < -0.4 is 4.90 Å². The minimum Gasteiger partial charge on any atom is -0.465 e. The third kappa shape index (κ3) is 4.06. The van der Waals surface area contributed by atoms with Crippen LogP contribution in [-0.4, -0.2) is 37.4 Å². The molecule has 0 fully saturated rings. The van der Waals surface area contributed by atoms with Gasteiger partial charge >= 0.3 is 5.97 Å². The van der Waals surface area contributed by atoms with E-state index in [-0.39, 0.29) is 12.5 Å². The van der Waals surface area contributed by atoms with Crippen LogP contribution in [-0.2, 0) is 9.53 Å². The van der Waals surface area contributed by atoms with E-state index in [1.807, 2.05) is 42.7 Å². The summed E-state index contributed by atoms with van der Waals surface area (Å²) in [7, 11) is 1.74. The number of nitrogens with zero attached hydrogens (tertiary/aromatic N) is 3. The molecule has 0 spiro atoms. The van der Waals surface area contributed by atoms with Crippen LogP contribution in [0.25, 0.3) is 11.1 Å². The van der Waals surface area contributed by atoms with Gasteiger partial charge in [-0.3, -0.25) is 4.79 Å². The Hall–Kier alpha value is -2.52. The van der Waals surface area contributed by atoms with E-state index in [1.165, 1.54) is 11.8 Å². The van der Waals surface area contributed by atoms with Gasteiger partial charge in [0.2, 0.25) is 0 Å². The molecule has 0 atom stereocenters. The molecule has 0 saturated heterocycles. The summed E-state index contributed by atoms with van der Waals surface area (Å²) in [6.07, 6.45) is 1.93. The molecule has 0 aliphatic carbocycles. The normalized spacial score (nSPS) is 10.1. The van der Waals surface area contributed by atoms with Crippen molar-refractivity contribution < 1.29 is 9.53 Å². The lowest BCUT2D eigenvalue weighted by Gasteiger charge is -2.20. The zero-order valence-corrected chi connectivity index (χ0v) is 14.8. The molecule has 0 unspecified atom stereocenters. The Morgan fingerprint density at radius 1 is 1.38 bits per heavy atom. The van der Waals surface area contributed by atoms with E-state index in [4.69, 9.17) is 4.74 Å². The van der Waals surface area contributed by atoms with Gasteiger partial charge < -0.3 is 9.64 Å². The van der Waals surface area contributed by atoms with Crippen molar-refractivity contribution in [1.29, 1.82) is 5.26 Å². The van der Waals surface area contributed by atoms with Gasteiger partial charge in [-0.25, -0.2) is 4.98 Å². The number of thioether (sulfide) groups is 1. The van der Waals surface area contributed by atoms with Crippen LogP contribution in [0.2, 0.25) is 0 Å². The van der Waals surface area contributed by atoms with E-state index >= 15 is 0 Å². The number of nitriles is 1. The fourth-order valence-corrected chi connectivity index (χ4v) is 2.73. The lowest BCUT2D eigenvalue weighted by Crippen LogP contribution is -2.28. The van der Waals surface area contributed by atoms with Gasteiger partial charge in [0.15, 0.2) is 0 Å². The van der Waals surface area contributed by atoms with E-state index in [2.05, 4.69) is 11.1 Å². The summed E-state index contributed by atoms with van der Waals surface area (Å²) in [6, 6.07) is 13.8. The van der Waals surface area contributed by atoms with Gasteiger partial charge in [0.25, 0.3) is 0 Å². The van der Waals surface area contributed by atoms with Crippen molar-refractivity contribution in [3.63, 3.8) is 0 Å². The molecule has 1 heterocycles. The molecule has 0 bridgehead atoms. The molecule has 24 heavy (non-hydrogen) atoms. The van der Waals surface area contributed by atoms with Gasteiger partial charge in [-0.2, -0.15) is 5.26 Å². The van der Waals surface area contributed by atoms with Gasteiger partial charge in [0.05, 0.1) is 11.6 Å². The SMILES string of the molecule is CCOC(=O)CN(C)c1nc(SC)cc(-c2ccccc2)c1C#N. The Labute approximate surface area is 146 Å². The second kappa shape index (κ2) is 8.37. The molecule has 0 N–H and O–H groups in total. The molecule has 0 aliphatic rings. The highest BCUT2D eigenvalue weighted by atomic mass is 32.2. The number of aromatic nitrogens is 1. The summed E-state index contributed by atoms with van der Waals surface area (Å²) in [5.41, 5.74) is 2.20. The number of anilines is 1. The van der Waals surface area contributed by atoms with Crippen molar-refractivity contribution in [3.05, 3.63) is 42.0 Å². The number of ether oxygens (including phenoxy) is 1. The zero-order chi connectivity index (χ0) is 17.5. The van der Waals surface area contributed by atoms with Gasteiger partial charge in [0, 0.05) is 12.6 Å². The second-order valence-corrected chi connectivity index (χ2v) is 5.88. The number of likely N-dealkylation sites (N-methyl/N-ethyl adjacent to an activating group) is 1. The number of pyridine rings is 1. The largest absolute Gasteiger partial charge is 0.465 e. The maximum Gasteiger partial charge on any atom is 0.325 e. The number of esters is 1. The number of rotatable bonds is 6. The molecule has 2 rings (SSSR count). The highest BCUT2D eigenvalue weighted by Gasteiger charge is 2.19. The summed E-state index contributed by atoms with van der Waals surface area (Å²) in [6.45, 7) is 2.13. The van der Waals surface area contributed by atoms with Crippen molar-refractivity contribution in [2.45, 2.75) is 11.9 Å². The lowest BCUT2D eigenvalue weighted by atomic mass is 10.0. The lowest BCUT2D eigenvalue weighted by molar-refractivity contribution is -0.141. The van der Waals surface area contributed by atoms with Gasteiger partial charge in [-0.05, 0) is 24.8 Å². The van der Waals surface area contributed by atoms with Crippen molar-refractivity contribution in [2.24, 2.45) is 0 Å². The van der Waals surface area contributed by atoms with E-state index in [9.17, 15) is 10.1 Å². The molecule has 124 valence electrons. The Bertz CT molecular complexity index is 757.